The molecule has 0 saturated carbocycles. The fourth-order valence-corrected chi connectivity index (χ4v) is 1.68. The fourth-order valence-electron chi connectivity index (χ4n) is 1.51. The van der Waals surface area contributed by atoms with Gasteiger partial charge in [-0.3, -0.25) is 14.9 Å². The van der Waals surface area contributed by atoms with E-state index in [9.17, 15) is 14.4 Å². The van der Waals surface area contributed by atoms with Gasteiger partial charge in [-0.2, -0.15) is 0 Å². The molecule has 8 heteroatoms. The monoisotopic (exact) mass is 312 g/mol. The lowest BCUT2D eigenvalue weighted by atomic mass is 10.2. The summed E-state index contributed by atoms with van der Waals surface area (Å²) < 4.78 is 0. The third kappa shape index (κ3) is 6.13. The molecule has 0 aliphatic carbocycles. The average molecular weight is 313 g/mol. The van der Waals surface area contributed by atoms with Gasteiger partial charge in [-0.1, -0.05) is 11.6 Å². The normalized spacial score (nSPS) is 9.67. The van der Waals surface area contributed by atoms with Gasteiger partial charge >= 0.3 is 6.03 Å². The number of anilines is 2. The van der Waals surface area contributed by atoms with Crippen LogP contribution in [0.2, 0.25) is 5.02 Å². The zero-order valence-electron chi connectivity index (χ0n) is 11.7. The zero-order chi connectivity index (χ0) is 15.8. The predicted octanol–water partition coefficient (Wildman–Crippen LogP) is 1.56. The van der Waals surface area contributed by atoms with E-state index in [0.717, 1.165) is 0 Å². The minimum Gasteiger partial charge on any atom is -0.374 e. The molecule has 114 valence electrons. The highest BCUT2D eigenvalue weighted by Crippen LogP contribution is 2.25. The zero-order valence-corrected chi connectivity index (χ0v) is 12.5. The maximum absolute atomic E-state index is 11.6. The first-order valence-corrected chi connectivity index (χ1v) is 6.69. The molecule has 0 aromatic heterocycles. The molecule has 1 aromatic carbocycles. The first-order chi connectivity index (χ1) is 9.92. The van der Waals surface area contributed by atoms with Gasteiger partial charge < -0.3 is 16.0 Å². The lowest BCUT2D eigenvalue weighted by Gasteiger charge is -2.12. The second-order valence-corrected chi connectivity index (χ2v) is 4.57. The highest BCUT2D eigenvalue weighted by atomic mass is 35.5. The van der Waals surface area contributed by atoms with E-state index < -0.39 is 11.9 Å². The van der Waals surface area contributed by atoms with Gasteiger partial charge in [-0.25, -0.2) is 4.79 Å². The van der Waals surface area contributed by atoms with Crippen LogP contribution in [0.25, 0.3) is 0 Å². The van der Waals surface area contributed by atoms with E-state index in [0.29, 0.717) is 22.9 Å². The summed E-state index contributed by atoms with van der Waals surface area (Å²) >= 11 is 5.88. The van der Waals surface area contributed by atoms with Crippen LogP contribution in [-0.4, -0.2) is 30.9 Å². The number of nitrogens with one attached hydrogen (secondary N) is 4. The molecule has 0 bridgehead atoms. The number of amides is 4. The molecular weight excluding hydrogens is 296 g/mol. The SMILES string of the molecule is CCNC(=O)NC(=O)CNc1cc(Cl)ccc1NC(C)=O. The Bertz CT molecular complexity index is 548. The fraction of sp³-hybridized carbons (Fsp3) is 0.308. The van der Waals surface area contributed by atoms with E-state index in [4.69, 9.17) is 11.6 Å². The molecule has 1 rings (SSSR count). The lowest BCUT2D eigenvalue weighted by Crippen LogP contribution is -2.41. The summed E-state index contributed by atoms with van der Waals surface area (Å²) in [6.45, 7) is 3.41. The lowest BCUT2D eigenvalue weighted by molar-refractivity contribution is -0.118. The molecule has 0 radical (unpaired) electrons. The van der Waals surface area contributed by atoms with Crippen molar-refractivity contribution >= 4 is 40.8 Å². The van der Waals surface area contributed by atoms with Gasteiger partial charge in [0.05, 0.1) is 17.9 Å². The van der Waals surface area contributed by atoms with Crippen molar-refractivity contribution in [2.24, 2.45) is 0 Å². The predicted molar refractivity (Wildman–Crippen MR) is 81.5 cm³/mol. The molecule has 4 N–H and O–H groups in total. The average Bonchev–Trinajstić information content (AvgIpc) is 2.38. The molecule has 0 saturated heterocycles. The van der Waals surface area contributed by atoms with E-state index in [-0.39, 0.29) is 12.5 Å². The standard InChI is InChI=1S/C13H17ClN4O3/c1-3-15-13(21)18-12(20)7-16-11-6-9(14)4-5-10(11)17-8(2)19/h4-6,16H,3,7H2,1-2H3,(H,17,19)(H2,15,18,20,21). The number of carbonyl (C=O) groups is 3. The van der Waals surface area contributed by atoms with E-state index in [1.807, 2.05) is 0 Å². The van der Waals surface area contributed by atoms with E-state index >= 15 is 0 Å². The van der Waals surface area contributed by atoms with Gasteiger partial charge in [0, 0.05) is 18.5 Å². The molecular formula is C13H17ClN4O3. The summed E-state index contributed by atoms with van der Waals surface area (Å²) in [6, 6.07) is 4.25. The van der Waals surface area contributed by atoms with E-state index in [1.54, 1.807) is 25.1 Å². The van der Waals surface area contributed by atoms with Crippen molar-refractivity contribution in [3.05, 3.63) is 23.2 Å². The molecule has 4 amide bonds. The second-order valence-electron chi connectivity index (χ2n) is 4.13. The number of rotatable bonds is 5. The number of hydrogen-bond acceptors (Lipinski definition) is 4. The molecule has 0 fully saturated rings. The van der Waals surface area contributed by atoms with Crippen LogP contribution in [0.5, 0.6) is 0 Å². The van der Waals surface area contributed by atoms with Crippen LogP contribution in [0.3, 0.4) is 0 Å². The van der Waals surface area contributed by atoms with Crippen molar-refractivity contribution in [2.45, 2.75) is 13.8 Å². The summed E-state index contributed by atoms with van der Waals surface area (Å²) in [6.07, 6.45) is 0. The van der Waals surface area contributed by atoms with Crippen LogP contribution in [0.4, 0.5) is 16.2 Å². The maximum atomic E-state index is 11.6. The third-order valence-electron chi connectivity index (χ3n) is 2.32. The Morgan fingerprint density at radius 3 is 2.52 bits per heavy atom. The van der Waals surface area contributed by atoms with Crippen molar-refractivity contribution in [1.29, 1.82) is 0 Å². The maximum Gasteiger partial charge on any atom is 0.321 e. The summed E-state index contributed by atoms with van der Waals surface area (Å²) in [5.74, 6) is -0.748. The first kappa shape index (κ1) is 16.8. The van der Waals surface area contributed by atoms with Crippen LogP contribution < -0.4 is 21.3 Å². The van der Waals surface area contributed by atoms with Crippen molar-refractivity contribution in [3.63, 3.8) is 0 Å². The number of urea groups is 1. The van der Waals surface area contributed by atoms with Crippen LogP contribution in [-0.2, 0) is 9.59 Å². The smallest absolute Gasteiger partial charge is 0.321 e. The highest BCUT2D eigenvalue weighted by molar-refractivity contribution is 6.31. The number of hydrogen-bond donors (Lipinski definition) is 4. The Labute approximate surface area is 127 Å². The largest absolute Gasteiger partial charge is 0.374 e. The van der Waals surface area contributed by atoms with E-state index in [1.165, 1.54) is 6.92 Å². The number of halogens is 1. The van der Waals surface area contributed by atoms with Crippen LogP contribution >= 0.6 is 11.6 Å². The Kier molecular flexibility index (Phi) is 6.48. The van der Waals surface area contributed by atoms with Crippen molar-refractivity contribution in [2.75, 3.05) is 23.7 Å². The highest BCUT2D eigenvalue weighted by Gasteiger charge is 2.09. The topological polar surface area (TPSA) is 99.3 Å². The molecule has 0 unspecified atom stereocenters. The quantitative estimate of drug-likeness (QED) is 0.663. The number of carbonyl (C=O) groups excluding carboxylic acids is 3. The second kappa shape index (κ2) is 8.11. The first-order valence-electron chi connectivity index (χ1n) is 6.31. The van der Waals surface area contributed by atoms with Crippen LogP contribution in [0.1, 0.15) is 13.8 Å². The Hall–Kier alpha value is -2.28. The Balaban J connectivity index is 2.65. The van der Waals surface area contributed by atoms with Gasteiger partial charge in [0.1, 0.15) is 0 Å². The molecule has 0 atom stereocenters. The molecule has 0 heterocycles. The third-order valence-corrected chi connectivity index (χ3v) is 2.56. The molecule has 21 heavy (non-hydrogen) atoms. The van der Waals surface area contributed by atoms with Crippen molar-refractivity contribution < 1.29 is 14.4 Å². The summed E-state index contributed by atoms with van der Waals surface area (Å²) in [4.78, 5) is 33.8. The van der Waals surface area contributed by atoms with Crippen molar-refractivity contribution in [3.8, 4) is 0 Å². The van der Waals surface area contributed by atoms with Crippen LogP contribution in [0, 0.1) is 0 Å². The van der Waals surface area contributed by atoms with Gasteiger partial charge in [-0.05, 0) is 25.1 Å². The van der Waals surface area contributed by atoms with Gasteiger partial charge in [0.2, 0.25) is 11.8 Å². The van der Waals surface area contributed by atoms with Crippen LogP contribution in [0.15, 0.2) is 18.2 Å². The minimum atomic E-state index is -0.558. The molecule has 7 nitrogen and oxygen atoms in total. The summed E-state index contributed by atoms with van der Waals surface area (Å²) in [5, 5.41) is 10.5. The summed E-state index contributed by atoms with van der Waals surface area (Å²) in [7, 11) is 0. The minimum absolute atomic E-state index is 0.135. The van der Waals surface area contributed by atoms with Gasteiger partial charge in [0.25, 0.3) is 0 Å². The number of imide groups is 1. The molecule has 0 aliphatic rings. The Morgan fingerprint density at radius 1 is 1.19 bits per heavy atom. The van der Waals surface area contributed by atoms with Gasteiger partial charge in [-0.15, -0.1) is 0 Å². The van der Waals surface area contributed by atoms with Gasteiger partial charge in [0.15, 0.2) is 0 Å². The molecule has 1 aromatic rings. The number of benzene rings is 1. The molecule has 0 spiro atoms. The van der Waals surface area contributed by atoms with Crippen molar-refractivity contribution in [1.82, 2.24) is 10.6 Å². The Morgan fingerprint density at radius 2 is 1.90 bits per heavy atom. The summed E-state index contributed by atoms with van der Waals surface area (Å²) in [5.41, 5.74) is 0.987. The van der Waals surface area contributed by atoms with E-state index in [2.05, 4.69) is 21.3 Å². The molecule has 0 aliphatic heterocycles.